The lowest BCUT2D eigenvalue weighted by atomic mass is 10.1. The third-order valence-electron chi connectivity index (χ3n) is 3.02. The molecule has 8 heteroatoms. The highest BCUT2D eigenvalue weighted by Crippen LogP contribution is 2.15. The van der Waals surface area contributed by atoms with Gasteiger partial charge >= 0.3 is 0 Å². The molecule has 0 radical (unpaired) electrons. The van der Waals surface area contributed by atoms with Gasteiger partial charge in [0.2, 0.25) is 11.8 Å². The normalized spacial score (nSPS) is 11.4. The third-order valence-corrected chi connectivity index (χ3v) is 3.79. The van der Waals surface area contributed by atoms with Crippen LogP contribution in [-0.2, 0) is 16.0 Å². The number of aryl methyl sites for hydroxylation is 1. The van der Waals surface area contributed by atoms with Crippen LogP contribution in [-0.4, -0.2) is 34.5 Å². The van der Waals surface area contributed by atoms with Crippen molar-refractivity contribution in [2.45, 2.75) is 20.3 Å². The maximum Gasteiger partial charge on any atom is 0.298 e. The molecule has 7 nitrogen and oxygen atoms in total. The Morgan fingerprint density at radius 3 is 2.57 bits per heavy atom. The van der Waals surface area contributed by atoms with Crippen molar-refractivity contribution in [3.05, 3.63) is 29.8 Å². The summed E-state index contributed by atoms with van der Waals surface area (Å²) in [4.78, 5) is 34.7. The number of hydrogen-bond acceptors (Lipinski definition) is 5. The van der Waals surface area contributed by atoms with Gasteiger partial charge in [-0.25, -0.2) is 0 Å². The standard InChI is InChI=1S/C15H21N3O4S/c1-3-11-6-4-5-7-12(11)16-13(20)9-23-15(22)18-17-14(21)10(2)8-19/h4-7,10,19H,3,8-9H2,1-2H3,(H,16,20)(H,17,21)(H,18,22)/t10-/m0/s1. The predicted octanol–water partition coefficient (Wildman–Crippen LogP) is 1.29. The van der Waals surface area contributed by atoms with Crippen LogP contribution in [0.25, 0.3) is 0 Å². The molecular weight excluding hydrogens is 318 g/mol. The number of thioether (sulfide) groups is 1. The van der Waals surface area contributed by atoms with Gasteiger partial charge < -0.3 is 10.4 Å². The molecule has 0 aliphatic carbocycles. The molecule has 0 heterocycles. The zero-order valence-corrected chi connectivity index (χ0v) is 13.9. The molecule has 0 aliphatic heterocycles. The van der Waals surface area contributed by atoms with Crippen LogP contribution < -0.4 is 16.2 Å². The molecule has 0 fully saturated rings. The zero-order chi connectivity index (χ0) is 17.2. The molecule has 0 aliphatic rings. The first-order chi connectivity index (χ1) is 11.0. The number of anilines is 1. The fourth-order valence-electron chi connectivity index (χ4n) is 1.62. The molecule has 4 N–H and O–H groups in total. The number of hydrogen-bond donors (Lipinski definition) is 4. The van der Waals surface area contributed by atoms with E-state index in [1.807, 2.05) is 25.1 Å². The summed E-state index contributed by atoms with van der Waals surface area (Å²) in [5.74, 6) is -1.49. The summed E-state index contributed by atoms with van der Waals surface area (Å²) in [6, 6.07) is 7.45. The molecule has 1 atom stereocenters. The summed E-state index contributed by atoms with van der Waals surface area (Å²) in [6.07, 6.45) is 0.791. The minimum absolute atomic E-state index is 0.0741. The summed E-state index contributed by atoms with van der Waals surface area (Å²) in [7, 11) is 0. The molecule has 0 unspecified atom stereocenters. The SMILES string of the molecule is CCc1ccccc1NC(=O)CSC(=O)NNC(=O)[C@@H](C)CO. The second-order valence-corrected chi connectivity index (χ2v) is 5.78. The van der Waals surface area contributed by atoms with Gasteiger partial charge in [0.1, 0.15) is 0 Å². The van der Waals surface area contributed by atoms with Crippen molar-refractivity contribution in [2.75, 3.05) is 17.7 Å². The van der Waals surface area contributed by atoms with Crippen molar-refractivity contribution in [1.82, 2.24) is 10.9 Å². The largest absolute Gasteiger partial charge is 0.396 e. The second kappa shape index (κ2) is 9.86. The lowest BCUT2D eigenvalue weighted by molar-refractivity contribution is -0.126. The van der Waals surface area contributed by atoms with Crippen molar-refractivity contribution < 1.29 is 19.5 Å². The predicted molar refractivity (Wildman–Crippen MR) is 89.8 cm³/mol. The Bertz CT molecular complexity index is 565. The van der Waals surface area contributed by atoms with Gasteiger partial charge in [-0.15, -0.1) is 0 Å². The Hall–Kier alpha value is -2.06. The van der Waals surface area contributed by atoms with E-state index in [2.05, 4.69) is 16.2 Å². The Balaban J connectivity index is 2.35. The van der Waals surface area contributed by atoms with Crippen LogP contribution >= 0.6 is 11.8 Å². The molecule has 0 spiro atoms. The van der Waals surface area contributed by atoms with Crippen LogP contribution in [0.4, 0.5) is 10.5 Å². The fraction of sp³-hybridized carbons (Fsp3) is 0.400. The van der Waals surface area contributed by atoms with Crippen LogP contribution in [0.15, 0.2) is 24.3 Å². The van der Waals surface area contributed by atoms with Crippen LogP contribution in [0.2, 0.25) is 0 Å². The first-order valence-corrected chi connectivity index (χ1v) is 8.17. The molecule has 126 valence electrons. The van der Waals surface area contributed by atoms with Crippen LogP contribution in [0.3, 0.4) is 0 Å². The average Bonchev–Trinajstić information content (AvgIpc) is 2.57. The molecule has 23 heavy (non-hydrogen) atoms. The van der Waals surface area contributed by atoms with Gasteiger partial charge in [0.05, 0.1) is 18.3 Å². The summed E-state index contributed by atoms with van der Waals surface area (Å²) in [5.41, 5.74) is 6.09. The van der Waals surface area contributed by atoms with E-state index in [9.17, 15) is 14.4 Å². The molecule has 0 bridgehead atoms. The molecular formula is C15H21N3O4S. The van der Waals surface area contributed by atoms with E-state index >= 15 is 0 Å². The first kappa shape index (κ1) is 19.0. The number of benzene rings is 1. The molecule has 0 saturated carbocycles. The Labute approximate surface area is 139 Å². The zero-order valence-electron chi connectivity index (χ0n) is 13.1. The Kier molecular flexibility index (Phi) is 8.14. The van der Waals surface area contributed by atoms with E-state index in [4.69, 9.17) is 5.11 Å². The lowest BCUT2D eigenvalue weighted by Gasteiger charge is -2.11. The van der Waals surface area contributed by atoms with Crippen molar-refractivity contribution in [2.24, 2.45) is 5.92 Å². The van der Waals surface area contributed by atoms with Crippen molar-refractivity contribution in [3.63, 3.8) is 0 Å². The topological polar surface area (TPSA) is 108 Å². The van der Waals surface area contributed by atoms with Gasteiger partial charge in [-0.05, 0) is 18.1 Å². The number of aliphatic hydroxyl groups excluding tert-OH is 1. The van der Waals surface area contributed by atoms with Crippen LogP contribution in [0.5, 0.6) is 0 Å². The number of rotatable bonds is 6. The highest BCUT2D eigenvalue weighted by atomic mass is 32.2. The number of nitrogens with one attached hydrogen (secondary N) is 3. The maximum atomic E-state index is 11.8. The summed E-state index contributed by atoms with van der Waals surface area (Å²) in [6.45, 7) is 3.20. The first-order valence-electron chi connectivity index (χ1n) is 7.19. The third kappa shape index (κ3) is 6.70. The smallest absolute Gasteiger partial charge is 0.298 e. The summed E-state index contributed by atoms with van der Waals surface area (Å²) in [5, 5.41) is 11.0. The van der Waals surface area contributed by atoms with E-state index in [1.54, 1.807) is 6.07 Å². The number of hydrazine groups is 1. The molecule has 1 rings (SSSR count). The van der Waals surface area contributed by atoms with E-state index in [-0.39, 0.29) is 18.3 Å². The van der Waals surface area contributed by atoms with Gasteiger partial charge in [-0.1, -0.05) is 43.8 Å². The van der Waals surface area contributed by atoms with Crippen molar-refractivity contribution in [1.29, 1.82) is 0 Å². The Morgan fingerprint density at radius 1 is 1.22 bits per heavy atom. The monoisotopic (exact) mass is 339 g/mol. The van der Waals surface area contributed by atoms with Crippen molar-refractivity contribution in [3.8, 4) is 0 Å². The number of para-hydroxylation sites is 1. The van der Waals surface area contributed by atoms with E-state index in [0.29, 0.717) is 0 Å². The maximum absolute atomic E-state index is 11.8. The molecule has 1 aromatic carbocycles. The highest BCUT2D eigenvalue weighted by molar-refractivity contribution is 8.14. The van der Waals surface area contributed by atoms with Gasteiger partial charge in [-0.2, -0.15) is 0 Å². The van der Waals surface area contributed by atoms with Gasteiger partial charge in [-0.3, -0.25) is 25.2 Å². The minimum Gasteiger partial charge on any atom is -0.396 e. The molecule has 0 saturated heterocycles. The van der Waals surface area contributed by atoms with Gasteiger partial charge in [0, 0.05) is 5.69 Å². The minimum atomic E-state index is -0.617. The van der Waals surface area contributed by atoms with Crippen molar-refractivity contribution >= 4 is 34.5 Å². The lowest BCUT2D eigenvalue weighted by Crippen LogP contribution is -2.43. The van der Waals surface area contributed by atoms with E-state index in [0.717, 1.165) is 29.4 Å². The summed E-state index contributed by atoms with van der Waals surface area (Å²) >= 11 is 0.739. The van der Waals surface area contributed by atoms with Crippen LogP contribution in [0, 0.1) is 5.92 Å². The van der Waals surface area contributed by atoms with Gasteiger partial charge in [0.15, 0.2) is 0 Å². The number of carbonyl (C=O) groups excluding carboxylic acids is 3. The van der Waals surface area contributed by atoms with E-state index < -0.39 is 17.1 Å². The van der Waals surface area contributed by atoms with Crippen LogP contribution in [0.1, 0.15) is 19.4 Å². The average molecular weight is 339 g/mol. The quantitative estimate of drug-likeness (QED) is 0.584. The van der Waals surface area contributed by atoms with E-state index in [1.165, 1.54) is 6.92 Å². The molecule has 0 aromatic heterocycles. The molecule has 1 aromatic rings. The fourth-order valence-corrected chi connectivity index (χ4v) is 2.08. The number of amides is 3. The highest BCUT2D eigenvalue weighted by Gasteiger charge is 2.13. The number of carbonyl (C=O) groups is 3. The van der Waals surface area contributed by atoms with Gasteiger partial charge in [0.25, 0.3) is 5.24 Å². The summed E-state index contributed by atoms with van der Waals surface area (Å²) < 4.78 is 0. The second-order valence-electron chi connectivity index (χ2n) is 4.83. The number of aliphatic hydroxyl groups is 1. The Morgan fingerprint density at radius 2 is 1.91 bits per heavy atom. The molecule has 3 amide bonds.